The van der Waals surface area contributed by atoms with Gasteiger partial charge in [0.05, 0.1) is 12.0 Å². The number of nitrogens with zero attached hydrogens (tertiary/aromatic N) is 1. The molecule has 0 amide bonds. The minimum absolute atomic E-state index is 0.0927. The molecule has 1 aromatic rings. The summed E-state index contributed by atoms with van der Waals surface area (Å²) in [5, 5.41) is 12.0. The number of esters is 1. The maximum Gasteiger partial charge on any atom is 0.334 e. The zero-order chi connectivity index (χ0) is 19.2. The fraction of sp³-hybridized carbons (Fsp3) is 0.524. The zero-order valence-electron chi connectivity index (χ0n) is 15.3. The van der Waals surface area contributed by atoms with Crippen LogP contribution in [0.5, 0.6) is 0 Å². The summed E-state index contributed by atoms with van der Waals surface area (Å²) in [6.45, 7) is 4.28. The molecule has 5 nitrogen and oxygen atoms in total. The third kappa shape index (κ3) is 1.89. The Morgan fingerprint density at radius 1 is 1.30 bits per heavy atom. The number of hydrogen-bond donors (Lipinski definition) is 1. The molecule has 142 valence electrons. The number of carbonyl (C=O) groups is 2. The van der Waals surface area contributed by atoms with E-state index in [2.05, 4.69) is 0 Å². The van der Waals surface area contributed by atoms with E-state index in [1.807, 2.05) is 30.0 Å². The van der Waals surface area contributed by atoms with Gasteiger partial charge in [0, 0.05) is 16.6 Å². The molecule has 4 aliphatic rings. The normalized spacial score (nSPS) is 44.9. The minimum Gasteiger partial charge on any atom is -0.459 e. The number of anilines is 1. The van der Waals surface area contributed by atoms with E-state index < -0.39 is 22.7 Å². The van der Waals surface area contributed by atoms with Gasteiger partial charge in [-0.3, -0.25) is 4.79 Å². The number of benzene rings is 1. The van der Waals surface area contributed by atoms with Gasteiger partial charge < -0.3 is 14.7 Å². The highest BCUT2D eigenvalue weighted by molar-refractivity contribution is 6.30. The highest BCUT2D eigenvalue weighted by Gasteiger charge is 2.77. The molecule has 0 unspecified atom stereocenters. The summed E-state index contributed by atoms with van der Waals surface area (Å²) in [7, 11) is 0. The van der Waals surface area contributed by atoms with Crippen molar-refractivity contribution in [3.63, 3.8) is 0 Å². The molecule has 6 heteroatoms. The molecule has 0 aromatic heterocycles. The second kappa shape index (κ2) is 5.15. The van der Waals surface area contributed by atoms with Gasteiger partial charge >= 0.3 is 5.97 Å². The van der Waals surface area contributed by atoms with Crippen molar-refractivity contribution in [2.75, 3.05) is 11.4 Å². The Hall–Kier alpha value is -1.85. The molecule has 1 spiro atoms. The van der Waals surface area contributed by atoms with Crippen LogP contribution in [-0.2, 0) is 14.3 Å². The lowest BCUT2D eigenvalue weighted by Gasteiger charge is -2.43. The Morgan fingerprint density at radius 3 is 2.81 bits per heavy atom. The number of allylic oxidation sites excluding steroid dienone is 1. The van der Waals surface area contributed by atoms with Crippen LogP contribution in [0.2, 0.25) is 5.02 Å². The van der Waals surface area contributed by atoms with Crippen LogP contribution in [0.15, 0.2) is 36.4 Å². The lowest BCUT2D eigenvalue weighted by atomic mass is 9.64. The third-order valence-corrected chi connectivity index (χ3v) is 7.76. The molecule has 2 aliphatic carbocycles. The van der Waals surface area contributed by atoms with E-state index in [4.69, 9.17) is 16.3 Å². The topological polar surface area (TPSA) is 66.6 Å². The van der Waals surface area contributed by atoms with Gasteiger partial charge in [-0.1, -0.05) is 24.6 Å². The summed E-state index contributed by atoms with van der Waals surface area (Å²) in [6.07, 6.45) is 3.90. The predicted molar refractivity (Wildman–Crippen MR) is 101 cm³/mol. The van der Waals surface area contributed by atoms with E-state index in [0.29, 0.717) is 11.6 Å². The van der Waals surface area contributed by atoms with Gasteiger partial charge in [-0.05, 0) is 56.0 Å². The largest absolute Gasteiger partial charge is 0.459 e. The third-order valence-electron chi connectivity index (χ3n) is 7.53. The molecule has 3 fully saturated rings. The first-order chi connectivity index (χ1) is 12.7. The van der Waals surface area contributed by atoms with Crippen LogP contribution in [-0.4, -0.2) is 40.6 Å². The summed E-state index contributed by atoms with van der Waals surface area (Å²) in [4.78, 5) is 27.9. The number of ketones is 1. The molecule has 1 N–H and O–H groups in total. The van der Waals surface area contributed by atoms with Crippen molar-refractivity contribution in [3.05, 3.63) is 41.4 Å². The first kappa shape index (κ1) is 17.3. The maximum absolute atomic E-state index is 13.0. The van der Waals surface area contributed by atoms with Crippen molar-refractivity contribution >= 4 is 29.0 Å². The van der Waals surface area contributed by atoms with Crippen LogP contribution >= 0.6 is 11.6 Å². The first-order valence-corrected chi connectivity index (χ1v) is 9.83. The van der Waals surface area contributed by atoms with Crippen LogP contribution < -0.4 is 4.90 Å². The van der Waals surface area contributed by atoms with Gasteiger partial charge in [-0.15, -0.1) is 0 Å². The van der Waals surface area contributed by atoms with Crippen LogP contribution in [0.25, 0.3) is 0 Å². The molecule has 2 aliphatic heterocycles. The Morgan fingerprint density at radius 2 is 2.07 bits per heavy atom. The second-order valence-electron chi connectivity index (χ2n) is 8.63. The lowest BCUT2D eigenvalue weighted by Crippen LogP contribution is -2.57. The average Bonchev–Trinajstić information content (AvgIpc) is 3.28. The standard InChI is InChI=1S/C21H22ClNO4/c1-12-6-7-15-17(19(2)16(24)8-9-21(12,19)26)27-18(25)20(15)11-23(20)14-5-3-4-13(22)10-14/h3-5,8-10,12,15,17,26H,6-7,11H2,1-2H3/t12-,15+,17+,19-,20-,21+,23?/m0/s1. The molecular formula is C21H22ClNO4. The summed E-state index contributed by atoms with van der Waals surface area (Å²) in [6, 6.07) is 7.44. The fourth-order valence-corrected chi connectivity index (χ4v) is 5.90. The summed E-state index contributed by atoms with van der Waals surface area (Å²) in [5.41, 5.74) is -2.30. The molecule has 2 saturated heterocycles. The highest BCUT2D eigenvalue weighted by Crippen LogP contribution is 2.62. The van der Waals surface area contributed by atoms with E-state index in [0.717, 1.165) is 18.5 Å². The van der Waals surface area contributed by atoms with Crippen molar-refractivity contribution in [2.24, 2.45) is 17.3 Å². The van der Waals surface area contributed by atoms with E-state index in [1.54, 1.807) is 19.1 Å². The summed E-state index contributed by atoms with van der Waals surface area (Å²) < 4.78 is 5.87. The summed E-state index contributed by atoms with van der Waals surface area (Å²) in [5.74, 6) is -0.692. The van der Waals surface area contributed by atoms with Gasteiger partial charge in [-0.25, -0.2) is 4.79 Å². The minimum atomic E-state index is -1.29. The van der Waals surface area contributed by atoms with Gasteiger partial charge in [0.25, 0.3) is 0 Å². The Bertz CT molecular complexity index is 900. The number of halogens is 1. The SMILES string of the molecule is C[C@H]1CC[C@@H]2[C@@H](OC(=O)[C@]23CN3c2cccc(Cl)c2)[C@]2(C)C(=O)C=C[C@@]12O. The molecule has 0 radical (unpaired) electrons. The molecule has 5 rings (SSSR count). The number of fused-ring (bicyclic) bond motifs is 4. The maximum atomic E-state index is 13.0. The fourth-order valence-electron chi connectivity index (χ4n) is 5.72. The van der Waals surface area contributed by atoms with Crippen molar-refractivity contribution < 1.29 is 19.4 Å². The number of rotatable bonds is 1. The van der Waals surface area contributed by atoms with Gasteiger partial charge in [0.15, 0.2) is 11.3 Å². The molecule has 27 heavy (non-hydrogen) atoms. The molecule has 1 aromatic carbocycles. The van der Waals surface area contributed by atoms with E-state index >= 15 is 0 Å². The van der Waals surface area contributed by atoms with Crippen LogP contribution in [0.3, 0.4) is 0 Å². The predicted octanol–water partition coefficient (Wildman–Crippen LogP) is 2.75. The highest BCUT2D eigenvalue weighted by atomic mass is 35.5. The van der Waals surface area contributed by atoms with Gasteiger partial charge in [0.1, 0.15) is 11.7 Å². The number of hydrogen-bond acceptors (Lipinski definition) is 5. The first-order valence-electron chi connectivity index (χ1n) is 9.45. The van der Waals surface area contributed by atoms with Gasteiger partial charge in [-0.2, -0.15) is 0 Å². The van der Waals surface area contributed by atoms with Gasteiger partial charge in [0.2, 0.25) is 0 Å². The molecule has 6 atom stereocenters. The quantitative estimate of drug-likeness (QED) is 0.593. The monoisotopic (exact) mass is 387 g/mol. The molecule has 2 heterocycles. The van der Waals surface area contributed by atoms with E-state index in [9.17, 15) is 14.7 Å². The Labute approximate surface area is 162 Å². The molecule has 0 bridgehead atoms. The van der Waals surface area contributed by atoms with Crippen molar-refractivity contribution in [3.8, 4) is 0 Å². The smallest absolute Gasteiger partial charge is 0.334 e. The van der Waals surface area contributed by atoms with Crippen molar-refractivity contribution in [2.45, 2.75) is 43.9 Å². The molecule has 1 saturated carbocycles. The number of aliphatic hydroxyl groups is 1. The second-order valence-corrected chi connectivity index (χ2v) is 9.06. The Kier molecular flexibility index (Phi) is 3.29. The molecular weight excluding hydrogens is 366 g/mol. The van der Waals surface area contributed by atoms with Crippen LogP contribution in [0, 0.1) is 17.3 Å². The van der Waals surface area contributed by atoms with Crippen molar-refractivity contribution in [1.82, 2.24) is 0 Å². The Balaban J connectivity index is 1.58. The average molecular weight is 388 g/mol. The van der Waals surface area contributed by atoms with Crippen LogP contribution in [0.1, 0.15) is 26.7 Å². The van der Waals surface area contributed by atoms with E-state index in [1.165, 1.54) is 6.08 Å². The van der Waals surface area contributed by atoms with Crippen molar-refractivity contribution in [1.29, 1.82) is 0 Å². The number of carbonyl (C=O) groups excluding carboxylic acids is 2. The lowest BCUT2D eigenvalue weighted by molar-refractivity contribution is -0.166. The van der Waals surface area contributed by atoms with Crippen LogP contribution in [0.4, 0.5) is 5.69 Å². The number of ether oxygens (including phenoxy) is 1. The summed E-state index contributed by atoms with van der Waals surface area (Å²) >= 11 is 6.13. The van der Waals surface area contributed by atoms with E-state index in [-0.39, 0.29) is 23.6 Å². The zero-order valence-corrected chi connectivity index (χ0v) is 16.1.